The molecule has 0 spiro atoms. The van der Waals surface area contributed by atoms with Gasteiger partial charge in [0.15, 0.2) is 0 Å². The smallest absolute Gasteiger partial charge is 0.229 e. The lowest BCUT2D eigenvalue weighted by Gasteiger charge is -2.13. The predicted molar refractivity (Wildman–Crippen MR) is 109 cm³/mol. The molecule has 0 saturated heterocycles. The van der Waals surface area contributed by atoms with E-state index in [1.165, 1.54) is 12.1 Å². The Bertz CT molecular complexity index is 1100. The van der Waals surface area contributed by atoms with Crippen LogP contribution in [0.5, 0.6) is 0 Å². The first-order valence-electron chi connectivity index (χ1n) is 8.68. The number of imidazole rings is 1. The van der Waals surface area contributed by atoms with Crippen molar-refractivity contribution in [3.8, 4) is 16.9 Å². The number of hydrogen-bond acceptors (Lipinski definition) is 4. The van der Waals surface area contributed by atoms with Crippen molar-refractivity contribution in [1.29, 1.82) is 0 Å². The zero-order valence-electron chi connectivity index (χ0n) is 15.3. The first-order valence-corrected chi connectivity index (χ1v) is 9.06. The molecule has 7 heteroatoms. The van der Waals surface area contributed by atoms with Gasteiger partial charge in [-0.1, -0.05) is 23.7 Å². The van der Waals surface area contributed by atoms with Crippen LogP contribution in [0.3, 0.4) is 0 Å². The molecule has 0 fully saturated rings. The van der Waals surface area contributed by atoms with Crippen molar-refractivity contribution in [2.75, 3.05) is 5.32 Å². The second-order valence-corrected chi connectivity index (χ2v) is 6.82. The van der Waals surface area contributed by atoms with E-state index < -0.39 is 0 Å². The Balaban J connectivity index is 1.84. The number of benzene rings is 2. The number of aryl methyl sites for hydroxylation is 2. The zero-order chi connectivity index (χ0) is 19.7. The van der Waals surface area contributed by atoms with Gasteiger partial charge in [0, 0.05) is 27.7 Å². The lowest BCUT2D eigenvalue weighted by molar-refractivity contribution is 0.627. The molecule has 4 rings (SSSR count). The Labute approximate surface area is 166 Å². The van der Waals surface area contributed by atoms with Crippen molar-refractivity contribution >= 4 is 23.5 Å². The fourth-order valence-electron chi connectivity index (χ4n) is 3.00. The second kappa shape index (κ2) is 7.40. The minimum absolute atomic E-state index is 0.302. The minimum atomic E-state index is -0.302. The molecule has 0 bridgehead atoms. The summed E-state index contributed by atoms with van der Waals surface area (Å²) in [7, 11) is 0. The molecule has 1 N–H and O–H groups in total. The van der Waals surface area contributed by atoms with Crippen molar-refractivity contribution < 1.29 is 4.39 Å². The van der Waals surface area contributed by atoms with E-state index in [1.807, 2.05) is 48.7 Å². The molecule has 2 aromatic heterocycles. The average Bonchev–Trinajstić information content (AvgIpc) is 3.05. The molecule has 0 saturated carbocycles. The molecule has 0 atom stereocenters. The predicted octanol–water partition coefficient (Wildman–Crippen LogP) is 5.48. The van der Waals surface area contributed by atoms with Gasteiger partial charge in [0.25, 0.3) is 0 Å². The molecule has 0 radical (unpaired) electrons. The third-order valence-electron chi connectivity index (χ3n) is 4.19. The van der Waals surface area contributed by atoms with E-state index in [1.54, 1.807) is 18.3 Å². The van der Waals surface area contributed by atoms with Crippen molar-refractivity contribution in [2.45, 2.75) is 13.8 Å². The lowest BCUT2D eigenvalue weighted by atomic mass is 10.1. The first kappa shape index (κ1) is 18.1. The summed E-state index contributed by atoms with van der Waals surface area (Å²) < 4.78 is 15.3. The van der Waals surface area contributed by atoms with Crippen LogP contribution < -0.4 is 5.32 Å². The highest BCUT2D eigenvalue weighted by molar-refractivity contribution is 6.30. The van der Waals surface area contributed by atoms with Crippen molar-refractivity contribution in [3.05, 3.63) is 83.0 Å². The highest BCUT2D eigenvalue weighted by Crippen LogP contribution is 2.29. The monoisotopic (exact) mass is 393 g/mol. The summed E-state index contributed by atoms with van der Waals surface area (Å²) >= 11 is 6.02. The van der Waals surface area contributed by atoms with E-state index in [0.29, 0.717) is 16.9 Å². The molecule has 28 heavy (non-hydrogen) atoms. The summed E-state index contributed by atoms with van der Waals surface area (Å²) in [4.78, 5) is 13.4. The number of nitrogens with one attached hydrogen (secondary N) is 1. The van der Waals surface area contributed by atoms with Crippen LogP contribution in [0, 0.1) is 19.7 Å². The van der Waals surface area contributed by atoms with Crippen LogP contribution in [0.4, 0.5) is 16.3 Å². The lowest BCUT2D eigenvalue weighted by Crippen LogP contribution is -2.07. The largest absolute Gasteiger partial charge is 0.294 e. The molecule has 0 aliphatic rings. The Morgan fingerprint density at radius 2 is 1.57 bits per heavy atom. The van der Waals surface area contributed by atoms with Crippen LogP contribution in [0.25, 0.3) is 16.9 Å². The molecule has 0 unspecified atom stereocenters. The minimum Gasteiger partial charge on any atom is -0.294 e. The summed E-state index contributed by atoms with van der Waals surface area (Å²) in [5.41, 5.74) is 4.22. The fraction of sp³-hybridized carbons (Fsp3) is 0.0952. The number of halogens is 2. The van der Waals surface area contributed by atoms with Crippen LogP contribution >= 0.6 is 11.6 Å². The number of anilines is 2. The highest BCUT2D eigenvalue weighted by atomic mass is 35.5. The van der Waals surface area contributed by atoms with E-state index in [4.69, 9.17) is 11.6 Å². The Morgan fingerprint density at radius 1 is 0.929 bits per heavy atom. The zero-order valence-corrected chi connectivity index (χ0v) is 16.1. The summed E-state index contributed by atoms with van der Waals surface area (Å²) in [6.45, 7) is 3.82. The molecule has 0 aliphatic carbocycles. The van der Waals surface area contributed by atoms with E-state index in [2.05, 4.69) is 20.3 Å². The SMILES string of the molecule is Cc1cc(C)nc(Nc2ncc(-c3ccc(Cl)cc3)n2-c2ccc(F)cc2)n1. The van der Waals surface area contributed by atoms with E-state index in [-0.39, 0.29) is 5.82 Å². The summed E-state index contributed by atoms with van der Waals surface area (Å²) in [6, 6.07) is 15.6. The molecular formula is C21H17ClFN5. The van der Waals surface area contributed by atoms with Gasteiger partial charge in [-0.05, 0) is 56.3 Å². The molecule has 2 heterocycles. The van der Waals surface area contributed by atoms with E-state index in [9.17, 15) is 4.39 Å². The molecule has 5 nitrogen and oxygen atoms in total. The summed E-state index contributed by atoms with van der Waals surface area (Å²) in [5, 5.41) is 3.83. The van der Waals surface area contributed by atoms with Gasteiger partial charge in [-0.25, -0.2) is 19.3 Å². The molecular weight excluding hydrogens is 377 g/mol. The van der Waals surface area contributed by atoms with Gasteiger partial charge in [-0.15, -0.1) is 0 Å². The molecule has 0 amide bonds. The first-order chi connectivity index (χ1) is 13.5. The Morgan fingerprint density at radius 3 is 2.21 bits per heavy atom. The maximum Gasteiger partial charge on any atom is 0.229 e. The van der Waals surface area contributed by atoms with Crippen LogP contribution in [0.2, 0.25) is 5.02 Å². The standard InChI is InChI=1S/C21H17ClFN5/c1-13-11-14(2)26-20(25-13)27-21-24-12-19(15-3-5-16(22)6-4-15)28(21)18-9-7-17(23)8-10-18/h3-12H,1-2H3,(H,24,25,26,27). The third-order valence-corrected chi connectivity index (χ3v) is 4.44. The van der Waals surface area contributed by atoms with Crippen LogP contribution in [-0.4, -0.2) is 19.5 Å². The second-order valence-electron chi connectivity index (χ2n) is 6.39. The van der Waals surface area contributed by atoms with Gasteiger partial charge >= 0.3 is 0 Å². The van der Waals surface area contributed by atoms with Crippen LogP contribution in [-0.2, 0) is 0 Å². The van der Waals surface area contributed by atoms with Gasteiger partial charge in [0.1, 0.15) is 5.82 Å². The molecule has 4 aromatic rings. The summed E-state index contributed by atoms with van der Waals surface area (Å²) in [6.07, 6.45) is 1.75. The Kier molecular flexibility index (Phi) is 4.79. The number of hydrogen-bond donors (Lipinski definition) is 1. The number of nitrogens with zero attached hydrogens (tertiary/aromatic N) is 4. The van der Waals surface area contributed by atoms with Crippen LogP contribution in [0.15, 0.2) is 60.8 Å². The summed E-state index contributed by atoms with van der Waals surface area (Å²) in [5.74, 6) is 0.680. The topological polar surface area (TPSA) is 55.6 Å². The molecule has 0 aliphatic heterocycles. The van der Waals surface area contributed by atoms with Gasteiger partial charge in [-0.3, -0.25) is 9.88 Å². The molecule has 2 aromatic carbocycles. The number of rotatable bonds is 4. The van der Waals surface area contributed by atoms with E-state index in [0.717, 1.165) is 28.3 Å². The molecule has 140 valence electrons. The average molecular weight is 394 g/mol. The number of aromatic nitrogens is 4. The van der Waals surface area contributed by atoms with Crippen LogP contribution in [0.1, 0.15) is 11.4 Å². The third kappa shape index (κ3) is 3.73. The van der Waals surface area contributed by atoms with Crippen molar-refractivity contribution in [1.82, 2.24) is 19.5 Å². The van der Waals surface area contributed by atoms with Gasteiger partial charge in [-0.2, -0.15) is 0 Å². The van der Waals surface area contributed by atoms with Gasteiger partial charge in [0.05, 0.1) is 11.9 Å². The fourth-order valence-corrected chi connectivity index (χ4v) is 3.12. The quantitative estimate of drug-likeness (QED) is 0.498. The van der Waals surface area contributed by atoms with Gasteiger partial charge < -0.3 is 0 Å². The highest BCUT2D eigenvalue weighted by Gasteiger charge is 2.15. The van der Waals surface area contributed by atoms with Crippen molar-refractivity contribution in [2.24, 2.45) is 0 Å². The van der Waals surface area contributed by atoms with E-state index >= 15 is 0 Å². The van der Waals surface area contributed by atoms with Crippen molar-refractivity contribution in [3.63, 3.8) is 0 Å². The normalized spacial score (nSPS) is 10.9. The maximum absolute atomic E-state index is 13.5. The maximum atomic E-state index is 13.5. The van der Waals surface area contributed by atoms with Gasteiger partial charge in [0.2, 0.25) is 11.9 Å². The Hall–Kier alpha value is -3.25.